The van der Waals surface area contributed by atoms with Crippen LogP contribution >= 0.6 is 99.7 Å². The first-order valence-electron chi connectivity index (χ1n) is 15.8. The minimum Gasteiger partial charge on any atom is -0.126 e. The van der Waals surface area contributed by atoms with E-state index >= 15 is 0 Å². The van der Waals surface area contributed by atoms with E-state index in [-0.39, 0.29) is 15.5 Å². The molecule has 40 heavy (non-hydrogen) atoms. The summed E-state index contributed by atoms with van der Waals surface area (Å²) in [5.74, 6) is 0. The summed E-state index contributed by atoms with van der Waals surface area (Å²) in [5.41, 5.74) is 0. The van der Waals surface area contributed by atoms with E-state index in [0.29, 0.717) is 0 Å². The highest BCUT2D eigenvalue weighted by Gasteiger charge is 2.66. The minimum atomic E-state index is -3.18. The molecule has 0 aromatic heterocycles. The molecule has 0 radical (unpaired) electrons. The molecule has 3 atom stereocenters. The van der Waals surface area contributed by atoms with E-state index in [2.05, 4.69) is 27.7 Å². The fourth-order valence-electron chi connectivity index (χ4n) is 6.98. The summed E-state index contributed by atoms with van der Waals surface area (Å²) in [4.78, 5) is 0. The van der Waals surface area contributed by atoms with Crippen LogP contribution in [0.3, 0.4) is 0 Å². The largest absolute Gasteiger partial charge is 0.341 e. The van der Waals surface area contributed by atoms with Crippen molar-refractivity contribution >= 4 is 126 Å². The molecule has 0 fully saturated rings. The molecule has 0 rings (SSSR count). The van der Waals surface area contributed by atoms with E-state index in [0.717, 1.165) is 38.1 Å². The summed E-state index contributed by atoms with van der Waals surface area (Å²) in [6.07, 6.45) is 23.3. The van der Waals surface area contributed by atoms with Gasteiger partial charge in [0, 0.05) is 0 Å². The third kappa shape index (κ3) is 16.3. The predicted octanol–water partition coefficient (Wildman–Crippen LogP) is 15.6. The van der Waals surface area contributed by atoms with Gasteiger partial charge in [-0.3, -0.25) is 0 Å². The number of rotatable bonds is 26. The molecule has 0 spiro atoms. The van der Waals surface area contributed by atoms with Crippen LogP contribution in [-0.2, 0) is 0 Å². The van der Waals surface area contributed by atoms with Gasteiger partial charge in [0.2, 0.25) is 0 Å². The lowest BCUT2D eigenvalue weighted by atomic mass is 10.0. The van der Waals surface area contributed by atoms with Crippen LogP contribution < -0.4 is 0 Å². The maximum Gasteiger partial charge on any atom is 0.341 e. The van der Waals surface area contributed by atoms with Crippen LogP contribution in [0.2, 0.25) is 21.5 Å². The summed E-state index contributed by atoms with van der Waals surface area (Å²) in [5, 5.41) is -0.326. The zero-order valence-corrected chi connectivity index (χ0v) is 36.1. The van der Waals surface area contributed by atoms with Crippen molar-refractivity contribution in [1.29, 1.82) is 0 Å². The Morgan fingerprint density at radius 1 is 0.350 bits per heavy atom. The molecule has 3 unspecified atom stereocenters. The van der Waals surface area contributed by atoms with Crippen molar-refractivity contribution in [2.75, 3.05) is 0 Å². The van der Waals surface area contributed by atoms with Gasteiger partial charge in [0.25, 0.3) is 0 Å². The van der Waals surface area contributed by atoms with E-state index in [9.17, 15) is 0 Å². The number of halogens is 9. The second-order valence-corrected chi connectivity index (χ2v) is 44.9. The van der Waals surface area contributed by atoms with E-state index < -0.39 is 26.1 Å². The van der Waals surface area contributed by atoms with Gasteiger partial charge in [-0.25, -0.2) is 0 Å². The van der Waals surface area contributed by atoms with Gasteiger partial charge < -0.3 is 0 Å². The Kier molecular flexibility index (Phi) is 24.9. The Balaban J connectivity index is 5.10. The summed E-state index contributed by atoms with van der Waals surface area (Å²) >= 11 is 61.6. The van der Waals surface area contributed by atoms with Crippen LogP contribution in [0.25, 0.3) is 0 Å². The molecule has 0 aromatic rings. The zero-order valence-electron chi connectivity index (χ0n) is 25.3. The van der Waals surface area contributed by atoms with Crippen molar-refractivity contribution in [3.8, 4) is 0 Å². The minimum absolute atomic E-state index is 0.109. The van der Waals surface area contributed by atoms with Crippen molar-refractivity contribution in [2.24, 2.45) is 0 Å². The van der Waals surface area contributed by atoms with E-state index in [4.69, 9.17) is 99.7 Å². The molecule has 0 heterocycles. The number of hydrogen-bond acceptors (Lipinski definition) is 0. The second kappa shape index (κ2) is 22.9. The monoisotopic (exact) mass is 806 g/mol. The van der Waals surface area contributed by atoms with Crippen LogP contribution in [0.5, 0.6) is 0 Å². The third-order valence-electron chi connectivity index (χ3n) is 8.82. The average molecular weight is 811 g/mol. The lowest BCUT2D eigenvalue weighted by Gasteiger charge is -2.53. The molecule has 0 aliphatic carbocycles. The zero-order chi connectivity index (χ0) is 30.9. The van der Waals surface area contributed by atoms with Crippen LogP contribution in [-0.4, -0.2) is 26.1 Å². The molecule has 0 bridgehead atoms. The summed E-state index contributed by atoms with van der Waals surface area (Å²) in [6.45, 7) is 8.55. The Morgan fingerprint density at radius 2 is 0.575 bits per heavy atom. The van der Waals surface area contributed by atoms with E-state index in [1.54, 1.807) is 0 Å². The molecule has 0 aliphatic heterocycles. The molecule has 0 saturated heterocycles. The molecule has 0 saturated carbocycles. The van der Waals surface area contributed by atoms with Crippen molar-refractivity contribution in [3.05, 3.63) is 0 Å². The van der Waals surface area contributed by atoms with Gasteiger partial charge in [0.1, 0.15) is 0 Å². The Hall–Kier alpha value is 3.48. The maximum absolute atomic E-state index is 6.84. The standard InChI is InChI=1S/C27H55Cl9Si4/c1-5-9-10-11-12-13-14-15-16-17-18-19-20-21-22-23-24-37(25(6-2)38(28,29)30,26(7-3)39(31,32)33)27(8-4)40(34,35)36/h25-27H,5-24H2,1-4H3. The van der Waals surface area contributed by atoms with Crippen molar-refractivity contribution in [2.45, 2.75) is 171 Å². The number of unbranched alkanes of at least 4 members (excludes halogenated alkanes) is 15. The van der Waals surface area contributed by atoms with Gasteiger partial charge in [-0.2, -0.15) is 0 Å². The first kappa shape index (κ1) is 43.5. The molecule has 0 amide bonds. The van der Waals surface area contributed by atoms with Crippen LogP contribution in [0.4, 0.5) is 0 Å². The highest BCUT2D eigenvalue weighted by Crippen LogP contribution is 2.63. The molecule has 242 valence electrons. The van der Waals surface area contributed by atoms with Gasteiger partial charge in [0.15, 0.2) is 0 Å². The normalized spacial score (nSPS) is 17.0. The first-order valence-corrected chi connectivity index (χ1v) is 33.6. The number of hydrogen-bond donors (Lipinski definition) is 0. The average Bonchev–Trinajstić information content (AvgIpc) is 2.82. The summed E-state index contributed by atoms with van der Waals surface area (Å²) in [6, 6.07) is -8.63. The first-order chi connectivity index (χ1) is 18.6. The van der Waals surface area contributed by atoms with Crippen LogP contribution in [0.1, 0.15) is 150 Å². The lowest BCUT2D eigenvalue weighted by molar-refractivity contribution is 0.531. The fourth-order valence-corrected chi connectivity index (χ4v) is 48.4. The highest BCUT2D eigenvalue weighted by atomic mass is 35.9. The predicted molar refractivity (Wildman–Crippen MR) is 202 cm³/mol. The van der Waals surface area contributed by atoms with E-state index in [1.807, 2.05) is 0 Å². The Labute approximate surface area is 294 Å². The SMILES string of the molecule is CCCCCCCCCCCCCCCCCC[Si](C(CC)[Si](Cl)(Cl)Cl)(C(CC)[Si](Cl)(Cl)Cl)C(CC)[Si](Cl)(Cl)Cl. The van der Waals surface area contributed by atoms with Gasteiger partial charge in [-0.1, -0.05) is 156 Å². The van der Waals surface area contributed by atoms with Crippen molar-refractivity contribution < 1.29 is 0 Å². The Bertz CT molecular complexity index is 570. The second-order valence-electron chi connectivity index (χ2n) is 11.7. The highest BCUT2D eigenvalue weighted by molar-refractivity contribution is 7.71. The van der Waals surface area contributed by atoms with Crippen LogP contribution in [0.15, 0.2) is 0 Å². The van der Waals surface area contributed by atoms with Crippen molar-refractivity contribution in [3.63, 3.8) is 0 Å². The fraction of sp³-hybridized carbons (Fsp3) is 1.00. The quantitative estimate of drug-likeness (QED) is 0.0464. The van der Waals surface area contributed by atoms with E-state index in [1.165, 1.54) is 89.9 Å². The van der Waals surface area contributed by atoms with Gasteiger partial charge in [0.05, 0.1) is 8.07 Å². The molecular weight excluding hydrogens is 756 g/mol. The molecular formula is C27H55Cl9Si4. The maximum atomic E-state index is 6.84. The van der Waals surface area contributed by atoms with Crippen LogP contribution in [0, 0.1) is 0 Å². The topological polar surface area (TPSA) is 0 Å². The lowest BCUT2D eigenvalue weighted by Crippen LogP contribution is -2.61. The van der Waals surface area contributed by atoms with Gasteiger partial charge in [-0.05, 0) is 15.5 Å². The Morgan fingerprint density at radius 3 is 0.775 bits per heavy atom. The summed E-state index contributed by atoms with van der Waals surface area (Å²) < 4.78 is 0. The summed E-state index contributed by atoms with van der Waals surface area (Å²) in [7, 11) is -2.70. The van der Waals surface area contributed by atoms with Gasteiger partial charge in [-0.15, -0.1) is 99.7 Å². The van der Waals surface area contributed by atoms with Gasteiger partial charge >= 0.3 is 18.0 Å². The third-order valence-corrected chi connectivity index (χ3v) is 39.5. The molecule has 0 aliphatic rings. The molecule has 0 aromatic carbocycles. The molecule has 0 nitrogen and oxygen atoms in total. The van der Waals surface area contributed by atoms with Crippen molar-refractivity contribution in [1.82, 2.24) is 0 Å². The smallest absolute Gasteiger partial charge is 0.126 e. The molecule has 0 N–H and O–H groups in total. The molecule has 13 heteroatoms.